The maximum absolute atomic E-state index is 12.8. The molecule has 0 saturated carbocycles. The number of benzene rings is 3. The second kappa shape index (κ2) is 12.6. The number of nitrogens with zero attached hydrogens (tertiary/aromatic N) is 1. The minimum atomic E-state index is -0.186. The van der Waals surface area contributed by atoms with Crippen molar-refractivity contribution in [1.29, 1.82) is 0 Å². The number of hydrogen-bond acceptors (Lipinski definition) is 3. The highest BCUT2D eigenvalue weighted by Gasteiger charge is 2.16. The lowest BCUT2D eigenvalue weighted by atomic mass is 9.87. The lowest BCUT2D eigenvalue weighted by Gasteiger charge is -2.19. The molecule has 0 radical (unpaired) electrons. The van der Waals surface area contributed by atoms with Crippen LogP contribution < -0.4 is 0 Å². The highest BCUT2D eigenvalue weighted by molar-refractivity contribution is 5.78. The minimum absolute atomic E-state index is 0.119. The van der Waals surface area contributed by atoms with Gasteiger partial charge < -0.3 is 9.64 Å². The summed E-state index contributed by atoms with van der Waals surface area (Å²) < 4.78 is 4.84. The Balaban J connectivity index is 1.62. The molecule has 33 heavy (non-hydrogen) atoms. The van der Waals surface area contributed by atoms with Crippen molar-refractivity contribution in [3.05, 3.63) is 107 Å². The van der Waals surface area contributed by atoms with Crippen molar-refractivity contribution >= 4 is 11.9 Å². The smallest absolute Gasteiger partial charge is 0.305 e. The Morgan fingerprint density at radius 2 is 1.48 bits per heavy atom. The van der Waals surface area contributed by atoms with Crippen LogP contribution in [0.5, 0.6) is 0 Å². The molecule has 0 aromatic heterocycles. The predicted molar refractivity (Wildman–Crippen MR) is 132 cm³/mol. The van der Waals surface area contributed by atoms with E-state index in [9.17, 15) is 9.59 Å². The molecule has 0 saturated heterocycles. The number of ether oxygens (including phenoxy) is 1. The number of carbonyl (C=O) groups excluding carboxylic acids is 2. The predicted octanol–water partition coefficient (Wildman–Crippen LogP) is 5.21. The Morgan fingerprint density at radius 3 is 2.18 bits per heavy atom. The Kier molecular flexibility index (Phi) is 9.25. The topological polar surface area (TPSA) is 46.6 Å². The van der Waals surface area contributed by atoms with Crippen molar-refractivity contribution in [3.8, 4) is 0 Å². The molecule has 172 valence electrons. The van der Waals surface area contributed by atoms with E-state index in [4.69, 9.17) is 4.74 Å². The summed E-state index contributed by atoms with van der Waals surface area (Å²) in [6.07, 6.45) is 3.16. The average Bonchev–Trinajstić information content (AvgIpc) is 2.86. The molecule has 0 N–H and O–H groups in total. The number of amides is 1. The maximum Gasteiger partial charge on any atom is 0.305 e. The van der Waals surface area contributed by atoms with Crippen LogP contribution in [0.3, 0.4) is 0 Å². The lowest BCUT2D eigenvalue weighted by molar-refractivity contribution is -0.140. The lowest BCUT2D eigenvalue weighted by Crippen LogP contribution is -2.30. The van der Waals surface area contributed by atoms with Crippen LogP contribution in [0.25, 0.3) is 0 Å². The SMILES string of the molecule is COC(=O)CCC(Cc1cccc(CC(=O)N(C)CCc2ccccc2)c1)c1ccccc1. The van der Waals surface area contributed by atoms with Crippen molar-refractivity contribution < 1.29 is 14.3 Å². The summed E-state index contributed by atoms with van der Waals surface area (Å²) in [5, 5.41) is 0. The summed E-state index contributed by atoms with van der Waals surface area (Å²) in [6.45, 7) is 0.701. The molecule has 3 rings (SSSR count). The first-order chi connectivity index (χ1) is 16.0. The molecule has 0 fully saturated rings. The second-order valence-electron chi connectivity index (χ2n) is 8.47. The van der Waals surface area contributed by atoms with Crippen LogP contribution in [0.15, 0.2) is 84.9 Å². The first-order valence-corrected chi connectivity index (χ1v) is 11.5. The first kappa shape index (κ1) is 24.2. The molecule has 0 aliphatic carbocycles. The number of rotatable bonds is 11. The summed E-state index contributed by atoms with van der Waals surface area (Å²) in [5.74, 6) is 0.145. The van der Waals surface area contributed by atoms with E-state index in [1.165, 1.54) is 23.8 Å². The van der Waals surface area contributed by atoms with Crippen LogP contribution in [0.1, 0.15) is 41.0 Å². The fourth-order valence-electron chi connectivity index (χ4n) is 4.03. The maximum atomic E-state index is 12.8. The van der Waals surface area contributed by atoms with Gasteiger partial charge in [0.05, 0.1) is 13.5 Å². The molecule has 1 amide bonds. The van der Waals surface area contributed by atoms with E-state index in [2.05, 4.69) is 36.4 Å². The zero-order chi connectivity index (χ0) is 23.5. The summed E-state index contributed by atoms with van der Waals surface area (Å²) in [4.78, 5) is 26.3. The number of carbonyl (C=O) groups is 2. The number of methoxy groups -OCH3 is 1. The number of likely N-dealkylation sites (N-methyl/N-ethyl adjacent to an activating group) is 1. The molecule has 1 unspecified atom stereocenters. The molecule has 3 aromatic carbocycles. The largest absolute Gasteiger partial charge is 0.469 e. The average molecular weight is 444 g/mol. The number of hydrogen-bond donors (Lipinski definition) is 0. The zero-order valence-electron chi connectivity index (χ0n) is 19.6. The van der Waals surface area contributed by atoms with E-state index in [1.54, 1.807) is 0 Å². The third-order valence-electron chi connectivity index (χ3n) is 6.03. The van der Waals surface area contributed by atoms with E-state index in [0.29, 0.717) is 19.4 Å². The van der Waals surface area contributed by atoms with E-state index in [0.717, 1.165) is 24.8 Å². The third kappa shape index (κ3) is 7.90. The molecule has 3 aromatic rings. The van der Waals surface area contributed by atoms with Gasteiger partial charge >= 0.3 is 5.97 Å². The molecule has 1 atom stereocenters. The van der Waals surface area contributed by atoms with Gasteiger partial charge in [0.25, 0.3) is 0 Å². The molecule has 0 aliphatic rings. The number of esters is 1. The monoisotopic (exact) mass is 443 g/mol. The Bertz CT molecular complexity index is 1020. The summed E-state index contributed by atoms with van der Waals surface area (Å²) in [6, 6.07) is 28.8. The molecular weight excluding hydrogens is 410 g/mol. The van der Waals surface area contributed by atoms with Crippen molar-refractivity contribution in [3.63, 3.8) is 0 Å². The molecular formula is C29H33NO3. The van der Waals surface area contributed by atoms with Crippen LogP contribution >= 0.6 is 0 Å². The molecule has 4 heteroatoms. The fraction of sp³-hybridized carbons (Fsp3) is 0.310. The highest BCUT2D eigenvalue weighted by Crippen LogP contribution is 2.26. The van der Waals surface area contributed by atoms with E-state index >= 15 is 0 Å². The van der Waals surface area contributed by atoms with Gasteiger partial charge in [-0.15, -0.1) is 0 Å². The van der Waals surface area contributed by atoms with Crippen molar-refractivity contribution in [2.45, 2.75) is 38.0 Å². The van der Waals surface area contributed by atoms with Gasteiger partial charge in [-0.2, -0.15) is 0 Å². The minimum Gasteiger partial charge on any atom is -0.469 e. The van der Waals surface area contributed by atoms with Crippen LogP contribution in [0.4, 0.5) is 0 Å². The van der Waals surface area contributed by atoms with Gasteiger partial charge in [-0.1, -0.05) is 84.9 Å². The molecule has 0 bridgehead atoms. The summed E-state index contributed by atoms with van der Waals surface area (Å²) >= 11 is 0. The van der Waals surface area contributed by atoms with Crippen LogP contribution in [0, 0.1) is 0 Å². The third-order valence-corrected chi connectivity index (χ3v) is 6.03. The normalized spacial score (nSPS) is 11.6. The van der Waals surface area contributed by atoms with Gasteiger partial charge in [0.1, 0.15) is 0 Å². The van der Waals surface area contributed by atoms with Gasteiger partial charge in [-0.05, 0) is 47.4 Å². The van der Waals surface area contributed by atoms with Gasteiger partial charge in [0.15, 0.2) is 0 Å². The van der Waals surface area contributed by atoms with Gasteiger partial charge in [-0.25, -0.2) is 0 Å². The van der Waals surface area contributed by atoms with Crippen LogP contribution in [-0.2, 0) is 33.6 Å². The van der Waals surface area contributed by atoms with Gasteiger partial charge in [0.2, 0.25) is 5.91 Å². The van der Waals surface area contributed by atoms with E-state index < -0.39 is 0 Å². The quantitative estimate of drug-likeness (QED) is 0.382. The Labute approximate surface area is 197 Å². The van der Waals surface area contributed by atoms with E-state index in [-0.39, 0.29) is 17.8 Å². The molecule has 0 spiro atoms. The zero-order valence-corrected chi connectivity index (χ0v) is 19.6. The fourth-order valence-corrected chi connectivity index (χ4v) is 4.03. The van der Waals surface area contributed by atoms with Crippen molar-refractivity contribution in [2.24, 2.45) is 0 Å². The summed E-state index contributed by atoms with van der Waals surface area (Å²) in [7, 11) is 3.30. The van der Waals surface area contributed by atoms with E-state index in [1.807, 2.05) is 60.5 Å². The first-order valence-electron chi connectivity index (χ1n) is 11.5. The molecule has 0 aliphatic heterocycles. The standard InChI is InChI=1S/C29H33NO3/c1-30(19-18-23-10-5-3-6-11-23)28(31)22-25-13-9-12-24(20-25)21-27(16-17-29(32)33-2)26-14-7-4-8-15-26/h3-15,20,27H,16-19,21-22H2,1-2H3. The van der Waals surface area contributed by atoms with Gasteiger partial charge in [-0.3, -0.25) is 9.59 Å². The second-order valence-corrected chi connectivity index (χ2v) is 8.47. The Morgan fingerprint density at radius 1 is 0.848 bits per heavy atom. The van der Waals surface area contributed by atoms with Gasteiger partial charge in [0, 0.05) is 20.0 Å². The van der Waals surface area contributed by atoms with Crippen molar-refractivity contribution in [1.82, 2.24) is 4.90 Å². The molecule has 0 heterocycles. The summed E-state index contributed by atoms with van der Waals surface area (Å²) in [5.41, 5.74) is 4.64. The highest BCUT2D eigenvalue weighted by atomic mass is 16.5. The van der Waals surface area contributed by atoms with Crippen LogP contribution in [-0.4, -0.2) is 37.5 Å². The van der Waals surface area contributed by atoms with Crippen LogP contribution in [0.2, 0.25) is 0 Å². The van der Waals surface area contributed by atoms with Crippen molar-refractivity contribution in [2.75, 3.05) is 20.7 Å². The Hall–Kier alpha value is -3.40. The molecule has 4 nitrogen and oxygen atoms in total.